The summed E-state index contributed by atoms with van der Waals surface area (Å²) in [6.07, 6.45) is 3.18. The van der Waals surface area contributed by atoms with Gasteiger partial charge in [-0.3, -0.25) is 4.79 Å². The highest BCUT2D eigenvalue weighted by atomic mass is 32.1. The Labute approximate surface area is 75.1 Å². The van der Waals surface area contributed by atoms with Gasteiger partial charge in [-0.05, 0) is 13.0 Å². The van der Waals surface area contributed by atoms with Gasteiger partial charge < -0.3 is 5.32 Å². The fourth-order valence-corrected chi connectivity index (χ4v) is 1.22. The summed E-state index contributed by atoms with van der Waals surface area (Å²) in [7, 11) is 0. The van der Waals surface area contributed by atoms with E-state index >= 15 is 0 Å². The van der Waals surface area contributed by atoms with Gasteiger partial charge in [-0.15, -0.1) is 11.3 Å². The van der Waals surface area contributed by atoms with E-state index < -0.39 is 0 Å². The van der Waals surface area contributed by atoms with Crippen LogP contribution < -0.4 is 5.32 Å². The predicted molar refractivity (Wildman–Crippen MR) is 49.8 cm³/mol. The third-order valence-corrected chi connectivity index (χ3v) is 1.81. The van der Waals surface area contributed by atoms with E-state index in [1.807, 2.05) is 12.3 Å². The van der Waals surface area contributed by atoms with Gasteiger partial charge in [0.25, 0.3) is 0 Å². The van der Waals surface area contributed by atoms with Gasteiger partial charge in [0, 0.05) is 18.0 Å². The summed E-state index contributed by atoms with van der Waals surface area (Å²) in [5.41, 5.74) is 2.56. The maximum atomic E-state index is 10.9. The van der Waals surface area contributed by atoms with Crippen molar-refractivity contribution in [2.45, 2.75) is 6.92 Å². The molecule has 0 aliphatic heterocycles. The fourth-order valence-electron chi connectivity index (χ4n) is 0.698. The molecule has 1 aromatic heterocycles. The number of rotatable bonds is 3. The van der Waals surface area contributed by atoms with Gasteiger partial charge >= 0.3 is 0 Å². The second-order valence-electron chi connectivity index (χ2n) is 2.14. The van der Waals surface area contributed by atoms with E-state index in [4.69, 9.17) is 0 Å². The molecule has 0 unspecified atom stereocenters. The van der Waals surface area contributed by atoms with Crippen molar-refractivity contribution in [1.29, 1.82) is 0 Å². The number of nitrogens with zero attached hydrogens (tertiary/aromatic N) is 1. The average Bonchev–Trinajstić information content (AvgIpc) is 2.53. The molecule has 1 rings (SSSR count). The molecular formula is C8H10N2OS. The molecule has 0 aliphatic rings. The standard InChI is InChI=1S/C8H10N2OS/c1-2-9-8(11)4-3-7-5-12-6-10-7/h3-6H,2H2,1H3,(H,9,11)/b4-3+. The summed E-state index contributed by atoms with van der Waals surface area (Å²) < 4.78 is 0. The van der Waals surface area contributed by atoms with Crippen molar-refractivity contribution in [3.63, 3.8) is 0 Å². The van der Waals surface area contributed by atoms with Gasteiger partial charge in [0.2, 0.25) is 5.91 Å². The van der Waals surface area contributed by atoms with E-state index in [1.165, 1.54) is 17.4 Å². The van der Waals surface area contributed by atoms with E-state index in [0.717, 1.165) is 5.69 Å². The number of nitrogens with one attached hydrogen (secondary N) is 1. The van der Waals surface area contributed by atoms with Crippen molar-refractivity contribution < 1.29 is 4.79 Å². The molecule has 0 bridgehead atoms. The van der Waals surface area contributed by atoms with Crippen LogP contribution in [0.15, 0.2) is 17.0 Å². The molecular weight excluding hydrogens is 172 g/mol. The second kappa shape index (κ2) is 4.66. The largest absolute Gasteiger partial charge is 0.353 e. The number of carbonyl (C=O) groups excluding carboxylic acids is 1. The van der Waals surface area contributed by atoms with Crippen LogP contribution in [-0.2, 0) is 4.79 Å². The Bertz CT molecular complexity index is 267. The first-order valence-electron chi connectivity index (χ1n) is 3.67. The smallest absolute Gasteiger partial charge is 0.244 e. The lowest BCUT2D eigenvalue weighted by Gasteiger charge is -1.92. The quantitative estimate of drug-likeness (QED) is 0.716. The molecule has 0 aliphatic carbocycles. The number of aromatic nitrogens is 1. The third-order valence-electron chi connectivity index (χ3n) is 1.21. The zero-order chi connectivity index (χ0) is 8.81. The Kier molecular flexibility index (Phi) is 3.47. The average molecular weight is 182 g/mol. The number of carbonyl (C=O) groups is 1. The zero-order valence-corrected chi connectivity index (χ0v) is 7.60. The molecule has 1 heterocycles. The number of thiazole rings is 1. The topological polar surface area (TPSA) is 42.0 Å². The first-order valence-corrected chi connectivity index (χ1v) is 4.61. The minimum atomic E-state index is -0.0782. The molecule has 1 amide bonds. The van der Waals surface area contributed by atoms with Crippen LogP contribution in [-0.4, -0.2) is 17.4 Å². The molecule has 1 N–H and O–H groups in total. The van der Waals surface area contributed by atoms with Crippen LogP contribution in [0.1, 0.15) is 12.6 Å². The summed E-state index contributed by atoms with van der Waals surface area (Å²) in [5.74, 6) is -0.0782. The van der Waals surface area contributed by atoms with Gasteiger partial charge in [-0.2, -0.15) is 0 Å². The number of hydrogen-bond donors (Lipinski definition) is 1. The highest BCUT2D eigenvalue weighted by Gasteiger charge is 1.91. The molecule has 0 spiro atoms. The predicted octanol–water partition coefficient (Wildman–Crippen LogP) is 1.29. The SMILES string of the molecule is CCNC(=O)/C=C/c1cscn1. The van der Waals surface area contributed by atoms with Crippen LogP contribution >= 0.6 is 11.3 Å². The molecule has 0 aromatic carbocycles. The van der Waals surface area contributed by atoms with Crippen LogP contribution in [0.5, 0.6) is 0 Å². The molecule has 12 heavy (non-hydrogen) atoms. The number of amides is 1. The molecule has 3 nitrogen and oxygen atoms in total. The molecule has 1 aromatic rings. The Morgan fingerprint density at radius 3 is 3.25 bits per heavy atom. The Morgan fingerprint density at radius 1 is 1.83 bits per heavy atom. The number of hydrogen-bond acceptors (Lipinski definition) is 3. The molecule has 0 saturated carbocycles. The fraction of sp³-hybridized carbons (Fsp3) is 0.250. The monoisotopic (exact) mass is 182 g/mol. The van der Waals surface area contributed by atoms with E-state index in [-0.39, 0.29) is 5.91 Å². The molecule has 0 fully saturated rings. The van der Waals surface area contributed by atoms with Crippen molar-refractivity contribution >= 4 is 23.3 Å². The van der Waals surface area contributed by atoms with E-state index in [1.54, 1.807) is 11.6 Å². The van der Waals surface area contributed by atoms with Crippen molar-refractivity contribution in [1.82, 2.24) is 10.3 Å². The lowest BCUT2D eigenvalue weighted by Crippen LogP contribution is -2.19. The van der Waals surface area contributed by atoms with Gasteiger partial charge in [-0.1, -0.05) is 0 Å². The lowest BCUT2D eigenvalue weighted by molar-refractivity contribution is -0.116. The summed E-state index contributed by atoms with van der Waals surface area (Å²) in [6.45, 7) is 2.54. The minimum Gasteiger partial charge on any atom is -0.353 e. The van der Waals surface area contributed by atoms with Gasteiger partial charge in [0.05, 0.1) is 11.2 Å². The minimum absolute atomic E-state index is 0.0782. The van der Waals surface area contributed by atoms with Crippen molar-refractivity contribution in [2.75, 3.05) is 6.54 Å². The van der Waals surface area contributed by atoms with Crippen molar-refractivity contribution in [2.24, 2.45) is 0 Å². The molecule has 4 heteroatoms. The second-order valence-corrected chi connectivity index (χ2v) is 2.86. The molecule has 0 atom stereocenters. The zero-order valence-electron chi connectivity index (χ0n) is 6.78. The first-order chi connectivity index (χ1) is 5.83. The van der Waals surface area contributed by atoms with Crippen LogP contribution in [0, 0.1) is 0 Å². The van der Waals surface area contributed by atoms with E-state index in [0.29, 0.717) is 6.54 Å². The molecule has 0 saturated heterocycles. The third kappa shape index (κ3) is 2.84. The highest BCUT2D eigenvalue weighted by molar-refractivity contribution is 7.07. The Morgan fingerprint density at radius 2 is 2.67 bits per heavy atom. The van der Waals surface area contributed by atoms with Crippen LogP contribution in [0.2, 0.25) is 0 Å². The Hall–Kier alpha value is -1.16. The van der Waals surface area contributed by atoms with Gasteiger partial charge in [-0.25, -0.2) is 4.98 Å². The Balaban J connectivity index is 2.45. The normalized spacial score (nSPS) is 10.4. The molecule has 64 valence electrons. The first kappa shape index (κ1) is 8.93. The van der Waals surface area contributed by atoms with E-state index in [9.17, 15) is 4.79 Å². The number of likely N-dealkylation sites (N-methyl/N-ethyl adjacent to an activating group) is 1. The summed E-state index contributed by atoms with van der Waals surface area (Å²) in [4.78, 5) is 14.9. The maximum Gasteiger partial charge on any atom is 0.244 e. The molecule has 0 radical (unpaired) electrons. The summed E-state index contributed by atoms with van der Waals surface area (Å²) in [6, 6.07) is 0. The summed E-state index contributed by atoms with van der Waals surface area (Å²) in [5, 5.41) is 4.54. The van der Waals surface area contributed by atoms with Crippen LogP contribution in [0.25, 0.3) is 6.08 Å². The van der Waals surface area contributed by atoms with Crippen LogP contribution in [0.4, 0.5) is 0 Å². The maximum absolute atomic E-state index is 10.9. The lowest BCUT2D eigenvalue weighted by atomic mass is 10.4. The van der Waals surface area contributed by atoms with Crippen molar-refractivity contribution in [3.05, 3.63) is 22.7 Å². The van der Waals surface area contributed by atoms with Gasteiger partial charge in [0.1, 0.15) is 0 Å². The van der Waals surface area contributed by atoms with Gasteiger partial charge in [0.15, 0.2) is 0 Å². The summed E-state index contributed by atoms with van der Waals surface area (Å²) >= 11 is 1.51. The van der Waals surface area contributed by atoms with E-state index in [2.05, 4.69) is 10.3 Å². The van der Waals surface area contributed by atoms with Crippen molar-refractivity contribution in [3.8, 4) is 0 Å². The highest BCUT2D eigenvalue weighted by Crippen LogP contribution is 2.02. The van der Waals surface area contributed by atoms with Crippen LogP contribution in [0.3, 0.4) is 0 Å².